The average Bonchev–Trinajstić information content (AvgIpc) is 2.58. The summed E-state index contributed by atoms with van der Waals surface area (Å²) in [5.74, 6) is 0. The molecule has 0 bridgehead atoms. The van der Waals surface area contributed by atoms with Crippen molar-refractivity contribution >= 4 is 12.4 Å². The first-order chi connectivity index (χ1) is 11.4. The summed E-state index contributed by atoms with van der Waals surface area (Å²) in [5, 5.41) is 1.14. The Kier molecular flexibility index (Phi) is 16.5. The van der Waals surface area contributed by atoms with Gasteiger partial charge in [0.25, 0.3) is 0 Å². The Labute approximate surface area is 156 Å². The highest BCUT2D eigenvalue weighted by Gasteiger charge is 1.92. The molecule has 0 unspecified atom stereocenters. The van der Waals surface area contributed by atoms with E-state index in [0.717, 1.165) is 18.4 Å². The third-order valence-electron chi connectivity index (χ3n) is 4.45. The molecule has 3 heteroatoms. The van der Waals surface area contributed by atoms with Crippen molar-refractivity contribution in [1.29, 1.82) is 0 Å². The molecule has 1 aromatic rings. The SMILES string of the molecule is CCCCCCCCN=c1ccn(CCCCCCCC)cc1.Cl. The zero-order valence-corrected chi connectivity index (χ0v) is 16.8. The monoisotopic (exact) mass is 354 g/mol. The summed E-state index contributed by atoms with van der Waals surface area (Å²) in [6.07, 6.45) is 20.6. The summed E-state index contributed by atoms with van der Waals surface area (Å²) in [7, 11) is 0. The summed E-state index contributed by atoms with van der Waals surface area (Å²) in [6.45, 7) is 6.66. The van der Waals surface area contributed by atoms with E-state index in [4.69, 9.17) is 0 Å². The lowest BCUT2D eigenvalue weighted by Gasteiger charge is -2.06. The number of aryl methyl sites for hydroxylation is 1. The van der Waals surface area contributed by atoms with E-state index in [0.29, 0.717) is 0 Å². The molecule has 0 fully saturated rings. The molecular weight excluding hydrogens is 316 g/mol. The third kappa shape index (κ3) is 12.6. The second kappa shape index (κ2) is 17.1. The zero-order chi connectivity index (χ0) is 16.6. The number of hydrogen-bond donors (Lipinski definition) is 0. The molecule has 1 heterocycles. The lowest BCUT2D eigenvalue weighted by molar-refractivity contribution is 0.556. The van der Waals surface area contributed by atoms with Crippen LogP contribution in [-0.4, -0.2) is 11.1 Å². The van der Waals surface area contributed by atoms with Crippen molar-refractivity contribution in [2.75, 3.05) is 6.54 Å². The van der Waals surface area contributed by atoms with E-state index >= 15 is 0 Å². The molecule has 0 saturated carbocycles. The van der Waals surface area contributed by atoms with Crippen molar-refractivity contribution in [2.45, 2.75) is 97.4 Å². The van der Waals surface area contributed by atoms with Gasteiger partial charge in [-0.2, -0.15) is 0 Å². The minimum absolute atomic E-state index is 0. The van der Waals surface area contributed by atoms with E-state index in [9.17, 15) is 0 Å². The van der Waals surface area contributed by atoms with Crippen LogP contribution >= 0.6 is 12.4 Å². The first-order valence-electron chi connectivity index (χ1n) is 10.0. The normalized spacial score (nSPS) is 10.4. The van der Waals surface area contributed by atoms with Gasteiger partial charge in [0, 0.05) is 25.5 Å². The van der Waals surface area contributed by atoms with Crippen LogP contribution in [-0.2, 0) is 6.54 Å². The Hall–Kier alpha value is -0.760. The molecular formula is C21H39ClN2. The topological polar surface area (TPSA) is 17.3 Å². The molecule has 0 atom stereocenters. The number of halogens is 1. The molecule has 2 nitrogen and oxygen atoms in total. The molecule has 0 spiro atoms. The number of unbranched alkanes of at least 4 members (excludes halogenated alkanes) is 10. The molecule has 1 rings (SSSR count). The maximum Gasteiger partial charge on any atom is 0.0603 e. The lowest BCUT2D eigenvalue weighted by Crippen LogP contribution is -2.06. The van der Waals surface area contributed by atoms with Gasteiger partial charge in [-0.05, 0) is 25.0 Å². The van der Waals surface area contributed by atoms with Crippen LogP contribution in [0.15, 0.2) is 29.5 Å². The molecule has 0 aliphatic carbocycles. The molecule has 0 saturated heterocycles. The summed E-state index contributed by atoms with van der Waals surface area (Å²) >= 11 is 0. The van der Waals surface area contributed by atoms with Gasteiger partial charge in [-0.3, -0.25) is 4.99 Å². The highest BCUT2D eigenvalue weighted by molar-refractivity contribution is 5.85. The fraction of sp³-hybridized carbons (Fsp3) is 0.762. The fourth-order valence-electron chi connectivity index (χ4n) is 2.88. The van der Waals surface area contributed by atoms with Crippen LogP contribution in [0.4, 0.5) is 0 Å². The van der Waals surface area contributed by atoms with Gasteiger partial charge in [0.05, 0.1) is 5.36 Å². The van der Waals surface area contributed by atoms with Crippen LogP contribution in [0.3, 0.4) is 0 Å². The van der Waals surface area contributed by atoms with E-state index in [1.165, 1.54) is 77.0 Å². The number of pyridine rings is 1. The van der Waals surface area contributed by atoms with Crippen LogP contribution in [0, 0.1) is 0 Å². The van der Waals surface area contributed by atoms with Crippen molar-refractivity contribution < 1.29 is 0 Å². The molecule has 0 aliphatic heterocycles. The first kappa shape index (κ1) is 23.2. The summed E-state index contributed by atoms with van der Waals surface area (Å²) in [5.41, 5.74) is 0. The number of rotatable bonds is 14. The minimum atomic E-state index is 0. The van der Waals surface area contributed by atoms with E-state index in [-0.39, 0.29) is 12.4 Å². The van der Waals surface area contributed by atoms with Gasteiger partial charge < -0.3 is 4.57 Å². The second-order valence-corrected chi connectivity index (χ2v) is 6.71. The Balaban J connectivity index is 0.00000529. The van der Waals surface area contributed by atoms with Crippen LogP contribution in [0.1, 0.15) is 90.9 Å². The van der Waals surface area contributed by atoms with Gasteiger partial charge >= 0.3 is 0 Å². The lowest BCUT2D eigenvalue weighted by atomic mass is 10.1. The van der Waals surface area contributed by atoms with E-state index in [1.54, 1.807) is 0 Å². The van der Waals surface area contributed by atoms with E-state index < -0.39 is 0 Å². The second-order valence-electron chi connectivity index (χ2n) is 6.71. The maximum absolute atomic E-state index is 4.68. The van der Waals surface area contributed by atoms with Crippen LogP contribution < -0.4 is 5.36 Å². The molecule has 0 aromatic carbocycles. The van der Waals surface area contributed by atoms with E-state index in [1.807, 2.05) is 0 Å². The van der Waals surface area contributed by atoms with Gasteiger partial charge in [-0.25, -0.2) is 0 Å². The van der Waals surface area contributed by atoms with Gasteiger partial charge in [0.1, 0.15) is 0 Å². The smallest absolute Gasteiger partial charge is 0.0603 e. The molecule has 0 aliphatic rings. The quantitative estimate of drug-likeness (QED) is 0.338. The Morgan fingerprint density at radius 3 is 1.79 bits per heavy atom. The summed E-state index contributed by atoms with van der Waals surface area (Å²) < 4.78 is 2.30. The Morgan fingerprint density at radius 2 is 1.21 bits per heavy atom. The predicted molar refractivity (Wildman–Crippen MR) is 109 cm³/mol. The molecule has 0 amide bonds. The fourth-order valence-corrected chi connectivity index (χ4v) is 2.88. The first-order valence-corrected chi connectivity index (χ1v) is 10.0. The summed E-state index contributed by atoms with van der Waals surface area (Å²) in [6, 6.07) is 4.32. The van der Waals surface area contributed by atoms with Crippen molar-refractivity contribution in [1.82, 2.24) is 4.57 Å². The van der Waals surface area contributed by atoms with Crippen molar-refractivity contribution in [3.05, 3.63) is 29.9 Å². The number of aromatic nitrogens is 1. The Morgan fingerprint density at radius 1 is 0.708 bits per heavy atom. The summed E-state index contributed by atoms with van der Waals surface area (Å²) in [4.78, 5) is 4.68. The van der Waals surface area contributed by atoms with Crippen LogP contribution in [0.2, 0.25) is 0 Å². The Bertz CT molecular complexity index is 419. The highest BCUT2D eigenvalue weighted by Crippen LogP contribution is 2.06. The predicted octanol–water partition coefficient (Wildman–Crippen LogP) is 6.53. The molecule has 24 heavy (non-hydrogen) atoms. The van der Waals surface area contributed by atoms with Gasteiger partial charge in [-0.1, -0.05) is 78.1 Å². The van der Waals surface area contributed by atoms with Crippen LogP contribution in [0.5, 0.6) is 0 Å². The zero-order valence-electron chi connectivity index (χ0n) is 16.0. The van der Waals surface area contributed by atoms with E-state index in [2.05, 4.69) is 47.9 Å². The largest absolute Gasteiger partial charge is 0.354 e. The third-order valence-corrected chi connectivity index (χ3v) is 4.45. The standard InChI is InChI=1S/C21H38N2.ClH/c1-3-5-7-9-11-13-17-22-21-15-19-23(20-16-21)18-14-12-10-8-6-4-2;/h15-16,19-20H,3-14,17-18H2,1-2H3;1H. The highest BCUT2D eigenvalue weighted by atomic mass is 35.5. The van der Waals surface area contributed by atoms with Crippen LogP contribution in [0.25, 0.3) is 0 Å². The number of nitrogens with zero attached hydrogens (tertiary/aromatic N) is 2. The van der Waals surface area contributed by atoms with Crippen molar-refractivity contribution in [3.63, 3.8) is 0 Å². The van der Waals surface area contributed by atoms with Crippen molar-refractivity contribution in [3.8, 4) is 0 Å². The van der Waals surface area contributed by atoms with Gasteiger partial charge in [-0.15, -0.1) is 12.4 Å². The number of hydrogen-bond acceptors (Lipinski definition) is 1. The average molecular weight is 355 g/mol. The van der Waals surface area contributed by atoms with Gasteiger partial charge in [0.2, 0.25) is 0 Å². The molecule has 0 radical (unpaired) electrons. The molecule has 0 N–H and O–H groups in total. The molecule has 140 valence electrons. The van der Waals surface area contributed by atoms with Crippen molar-refractivity contribution in [2.24, 2.45) is 4.99 Å². The van der Waals surface area contributed by atoms with Gasteiger partial charge in [0.15, 0.2) is 0 Å². The molecule has 1 aromatic heterocycles. The minimum Gasteiger partial charge on any atom is -0.354 e. The maximum atomic E-state index is 4.68.